The van der Waals surface area contributed by atoms with Gasteiger partial charge < -0.3 is 4.57 Å². The summed E-state index contributed by atoms with van der Waals surface area (Å²) in [6.45, 7) is 2.93. The zero-order valence-electron chi connectivity index (χ0n) is 10.5. The van der Waals surface area contributed by atoms with Gasteiger partial charge in [-0.05, 0) is 24.5 Å². The fourth-order valence-electron chi connectivity index (χ4n) is 2.62. The molecule has 0 spiro atoms. The van der Waals surface area contributed by atoms with Gasteiger partial charge in [-0.25, -0.2) is 4.98 Å². The van der Waals surface area contributed by atoms with E-state index in [-0.39, 0.29) is 11.7 Å². The molecule has 1 aliphatic carbocycles. The Morgan fingerprint density at radius 3 is 3.06 bits per heavy atom. The number of carbonyl (C=O) groups excluding carboxylic acids is 1. The first-order valence-electron chi connectivity index (χ1n) is 6.40. The quantitative estimate of drug-likeness (QED) is 0.822. The van der Waals surface area contributed by atoms with Crippen molar-refractivity contribution in [1.29, 1.82) is 0 Å². The summed E-state index contributed by atoms with van der Waals surface area (Å²) in [6.07, 6.45) is 5.03. The van der Waals surface area contributed by atoms with E-state index in [9.17, 15) is 4.79 Å². The number of imidazole rings is 1. The van der Waals surface area contributed by atoms with Crippen LogP contribution in [0.1, 0.15) is 29.8 Å². The average molecular weight is 240 g/mol. The Labute approximate surface area is 106 Å². The lowest BCUT2D eigenvalue weighted by Crippen LogP contribution is -2.27. The summed E-state index contributed by atoms with van der Waals surface area (Å²) >= 11 is 0. The minimum absolute atomic E-state index is 0.0863. The highest BCUT2D eigenvalue weighted by molar-refractivity contribution is 5.89. The second-order valence-electron chi connectivity index (χ2n) is 4.73. The molecule has 2 aromatic rings. The molecule has 1 heterocycles. The predicted octanol–water partition coefficient (Wildman–Crippen LogP) is 2.35. The molecular weight excluding hydrogens is 224 g/mol. The van der Waals surface area contributed by atoms with Gasteiger partial charge in [-0.15, -0.1) is 0 Å². The highest BCUT2D eigenvalue weighted by atomic mass is 16.1. The molecule has 1 unspecified atom stereocenters. The lowest BCUT2D eigenvalue weighted by Gasteiger charge is -2.28. The Hall–Kier alpha value is -1.90. The minimum Gasteiger partial charge on any atom is -0.335 e. The van der Waals surface area contributed by atoms with Crippen LogP contribution in [0, 0.1) is 0 Å². The lowest BCUT2D eigenvalue weighted by molar-refractivity contribution is -0.120. The third-order valence-corrected chi connectivity index (χ3v) is 3.72. The first kappa shape index (κ1) is 11.2. The Morgan fingerprint density at radius 1 is 1.44 bits per heavy atom. The molecule has 0 radical (unpaired) electrons. The normalized spacial score (nSPS) is 17.1. The summed E-state index contributed by atoms with van der Waals surface area (Å²) in [5, 5.41) is 0. The maximum absolute atomic E-state index is 12.3. The molecule has 18 heavy (non-hydrogen) atoms. The summed E-state index contributed by atoms with van der Waals surface area (Å²) in [7, 11) is 0. The van der Waals surface area contributed by atoms with Crippen LogP contribution in [0.25, 0.3) is 0 Å². The van der Waals surface area contributed by atoms with Crippen LogP contribution in [-0.2, 0) is 24.2 Å². The molecule has 1 aromatic heterocycles. The molecule has 3 heteroatoms. The molecule has 0 fully saturated rings. The zero-order chi connectivity index (χ0) is 12.5. The average Bonchev–Trinajstić information content (AvgIpc) is 2.78. The van der Waals surface area contributed by atoms with Crippen molar-refractivity contribution in [3.05, 3.63) is 53.6 Å². The van der Waals surface area contributed by atoms with Crippen molar-refractivity contribution in [2.24, 2.45) is 0 Å². The van der Waals surface area contributed by atoms with Crippen LogP contribution in [-0.4, -0.2) is 15.3 Å². The number of nitrogens with zero attached hydrogens (tertiary/aromatic N) is 2. The van der Waals surface area contributed by atoms with Crippen LogP contribution in [0.15, 0.2) is 36.7 Å². The first-order valence-corrected chi connectivity index (χ1v) is 6.40. The monoisotopic (exact) mass is 240 g/mol. The van der Waals surface area contributed by atoms with Crippen molar-refractivity contribution < 1.29 is 4.79 Å². The van der Waals surface area contributed by atoms with Crippen molar-refractivity contribution >= 4 is 5.78 Å². The number of ketones is 1. The van der Waals surface area contributed by atoms with Gasteiger partial charge >= 0.3 is 0 Å². The maximum Gasteiger partial charge on any atom is 0.148 e. The zero-order valence-corrected chi connectivity index (χ0v) is 10.5. The Balaban J connectivity index is 1.75. The number of aryl methyl sites for hydroxylation is 1. The second kappa shape index (κ2) is 4.41. The van der Waals surface area contributed by atoms with Gasteiger partial charge in [0.05, 0.1) is 6.42 Å². The Bertz CT molecular complexity index is 586. The standard InChI is InChI=1S/C15H16N2O/c1-2-17-8-7-16-15(17)10-14(18)13-9-11-5-3-4-6-12(11)13/h3-8,13H,2,9-10H2,1H3. The van der Waals surface area contributed by atoms with Gasteiger partial charge in [0.1, 0.15) is 11.6 Å². The molecule has 1 aliphatic rings. The van der Waals surface area contributed by atoms with E-state index >= 15 is 0 Å². The lowest BCUT2D eigenvalue weighted by atomic mass is 9.74. The van der Waals surface area contributed by atoms with Crippen molar-refractivity contribution in [2.75, 3.05) is 0 Å². The number of Topliss-reactive ketones (excluding diaryl/α,β-unsaturated/α-hetero) is 1. The van der Waals surface area contributed by atoms with Crippen molar-refractivity contribution in [3.8, 4) is 0 Å². The highest BCUT2D eigenvalue weighted by Gasteiger charge is 2.31. The van der Waals surface area contributed by atoms with Gasteiger partial charge in [0.25, 0.3) is 0 Å². The van der Waals surface area contributed by atoms with E-state index in [2.05, 4.69) is 24.0 Å². The Morgan fingerprint density at radius 2 is 2.28 bits per heavy atom. The molecule has 1 aromatic carbocycles. The third-order valence-electron chi connectivity index (χ3n) is 3.72. The van der Waals surface area contributed by atoms with Crippen LogP contribution in [0.3, 0.4) is 0 Å². The van der Waals surface area contributed by atoms with Crippen LogP contribution in [0.4, 0.5) is 0 Å². The fraction of sp³-hybridized carbons (Fsp3) is 0.333. The molecule has 0 saturated carbocycles. The van der Waals surface area contributed by atoms with E-state index < -0.39 is 0 Å². The van der Waals surface area contributed by atoms with E-state index in [4.69, 9.17) is 0 Å². The fourth-order valence-corrected chi connectivity index (χ4v) is 2.62. The van der Waals surface area contributed by atoms with Gasteiger partial charge in [-0.3, -0.25) is 4.79 Å². The van der Waals surface area contributed by atoms with Crippen molar-refractivity contribution in [2.45, 2.75) is 32.2 Å². The van der Waals surface area contributed by atoms with Crippen LogP contribution in [0.5, 0.6) is 0 Å². The summed E-state index contributed by atoms with van der Waals surface area (Å²) in [5.74, 6) is 1.25. The first-order chi connectivity index (χ1) is 8.79. The highest BCUT2D eigenvalue weighted by Crippen LogP contribution is 2.35. The summed E-state index contributed by atoms with van der Waals surface area (Å²) < 4.78 is 2.03. The largest absolute Gasteiger partial charge is 0.335 e. The van der Waals surface area contributed by atoms with E-state index in [0.717, 1.165) is 18.8 Å². The van der Waals surface area contributed by atoms with Gasteiger partial charge in [-0.2, -0.15) is 0 Å². The number of fused-ring (bicyclic) bond motifs is 1. The number of aromatic nitrogens is 2. The molecule has 0 bridgehead atoms. The summed E-state index contributed by atoms with van der Waals surface area (Å²) in [4.78, 5) is 16.5. The molecule has 92 valence electrons. The maximum atomic E-state index is 12.3. The van der Waals surface area contributed by atoms with Gasteiger partial charge in [0, 0.05) is 24.9 Å². The number of carbonyl (C=O) groups is 1. The minimum atomic E-state index is 0.0863. The van der Waals surface area contributed by atoms with Crippen LogP contribution < -0.4 is 0 Å². The smallest absolute Gasteiger partial charge is 0.148 e. The van der Waals surface area contributed by atoms with E-state index in [1.807, 2.05) is 22.9 Å². The molecule has 0 saturated heterocycles. The molecule has 3 nitrogen and oxygen atoms in total. The number of hydrogen-bond acceptors (Lipinski definition) is 2. The Kier molecular flexibility index (Phi) is 2.74. The third kappa shape index (κ3) is 1.76. The van der Waals surface area contributed by atoms with E-state index in [1.165, 1.54) is 11.1 Å². The number of benzene rings is 1. The van der Waals surface area contributed by atoms with Gasteiger partial charge in [0.15, 0.2) is 0 Å². The molecule has 0 amide bonds. The second-order valence-corrected chi connectivity index (χ2v) is 4.73. The van der Waals surface area contributed by atoms with E-state index in [0.29, 0.717) is 6.42 Å². The van der Waals surface area contributed by atoms with Gasteiger partial charge in [0.2, 0.25) is 0 Å². The topological polar surface area (TPSA) is 34.9 Å². The SMILES string of the molecule is CCn1ccnc1CC(=O)C1Cc2ccccc21. The number of hydrogen-bond donors (Lipinski definition) is 0. The molecule has 0 N–H and O–H groups in total. The van der Waals surface area contributed by atoms with Crippen molar-refractivity contribution in [3.63, 3.8) is 0 Å². The van der Waals surface area contributed by atoms with Gasteiger partial charge in [-0.1, -0.05) is 24.3 Å². The predicted molar refractivity (Wildman–Crippen MR) is 69.5 cm³/mol. The summed E-state index contributed by atoms with van der Waals surface area (Å²) in [6, 6.07) is 8.20. The molecule has 3 rings (SSSR count). The molecule has 1 atom stereocenters. The van der Waals surface area contributed by atoms with Crippen LogP contribution in [0.2, 0.25) is 0 Å². The van der Waals surface area contributed by atoms with Crippen LogP contribution >= 0.6 is 0 Å². The molecule has 0 aliphatic heterocycles. The molecular formula is C15H16N2O. The van der Waals surface area contributed by atoms with E-state index in [1.54, 1.807) is 6.20 Å². The van der Waals surface area contributed by atoms with Crippen molar-refractivity contribution in [1.82, 2.24) is 9.55 Å². The summed E-state index contributed by atoms with van der Waals surface area (Å²) in [5.41, 5.74) is 2.52. The number of rotatable bonds is 4.